The minimum absolute atomic E-state index is 0.00494. The standard InChI is InChI=1S/C15H22O3/c1-10-7-11(5-6-13(10)16)8-12(14(17)18)9-15(2,3)4/h5-7,12,16H,8-9H2,1-4H3,(H,17,18). The van der Waals surface area contributed by atoms with Gasteiger partial charge in [0.1, 0.15) is 5.75 Å². The Morgan fingerprint density at radius 1 is 1.33 bits per heavy atom. The van der Waals surface area contributed by atoms with Gasteiger partial charge >= 0.3 is 5.97 Å². The lowest BCUT2D eigenvalue weighted by atomic mass is 9.82. The van der Waals surface area contributed by atoms with Crippen molar-refractivity contribution in [1.29, 1.82) is 0 Å². The van der Waals surface area contributed by atoms with Crippen LogP contribution in [0.5, 0.6) is 5.75 Å². The zero-order valence-electron chi connectivity index (χ0n) is 11.5. The fourth-order valence-corrected chi connectivity index (χ4v) is 2.12. The molecule has 1 rings (SSSR count). The summed E-state index contributed by atoms with van der Waals surface area (Å²) in [4.78, 5) is 11.3. The van der Waals surface area contributed by atoms with Crippen molar-refractivity contribution in [2.75, 3.05) is 0 Å². The van der Waals surface area contributed by atoms with Crippen LogP contribution < -0.4 is 0 Å². The van der Waals surface area contributed by atoms with Crippen molar-refractivity contribution >= 4 is 5.97 Å². The molecule has 0 aromatic heterocycles. The Labute approximate surface area is 108 Å². The minimum atomic E-state index is -0.754. The van der Waals surface area contributed by atoms with Gasteiger partial charge in [0.05, 0.1) is 5.92 Å². The van der Waals surface area contributed by atoms with Gasteiger partial charge in [-0.1, -0.05) is 32.9 Å². The van der Waals surface area contributed by atoms with Crippen LogP contribution in [-0.4, -0.2) is 16.2 Å². The first kappa shape index (κ1) is 14.6. The largest absolute Gasteiger partial charge is 0.508 e. The maximum Gasteiger partial charge on any atom is 0.306 e. The van der Waals surface area contributed by atoms with Crippen molar-refractivity contribution in [3.63, 3.8) is 0 Å². The number of carbonyl (C=O) groups is 1. The molecule has 18 heavy (non-hydrogen) atoms. The summed E-state index contributed by atoms with van der Waals surface area (Å²) >= 11 is 0. The van der Waals surface area contributed by atoms with Crippen LogP contribution in [-0.2, 0) is 11.2 Å². The van der Waals surface area contributed by atoms with Gasteiger partial charge in [-0.2, -0.15) is 0 Å². The van der Waals surface area contributed by atoms with Gasteiger partial charge in [0.2, 0.25) is 0 Å². The summed E-state index contributed by atoms with van der Waals surface area (Å²) in [5.41, 5.74) is 1.74. The number of phenols is 1. The molecule has 1 unspecified atom stereocenters. The smallest absolute Gasteiger partial charge is 0.306 e. The molecule has 100 valence electrons. The normalized spacial score (nSPS) is 13.3. The highest BCUT2D eigenvalue weighted by atomic mass is 16.4. The third-order valence-corrected chi connectivity index (χ3v) is 2.95. The summed E-state index contributed by atoms with van der Waals surface area (Å²) < 4.78 is 0. The fraction of sp³-hybridized carbons (Fsp3) is 0.533. The van der Waals surface area contributed by atoms with Gasteiger partial charge in [-0.3, -0.25) is 4.79 Å². The number of rotatable bonds is 4. The summed E-state index contributed by atoms with van der Waals surface area (Å²) in [7, 11) is 0. The van der Waals surface area contributed by atoms with Gasteiger partial charge in [0.25, 0.3) is 0 Å². The molecule has 0 aliphatic rings. The van der Waals surface area contributed by atoms with Crippen LogP contribution in [0.1, 0.15) is 38.3 Å². The molecule has 3 heteroatoms. The monoisotopic (exact) mass is 250 g/mol. The molecule has 1 aromatic rings. The predicted octanol–water partition coefficient (Wildman–Crippen LogP) is 3.38. The molecule has 3 nitrogen and oxygen atoms in total. The summed E-state index contributed by atoms with van der Waals surface area (Å²) in [6.07, 6.45) is 1.15. The lowest BCUT2D eigenvalue weighted by Gasteiger charge is -2.23. The number of aryl methyl sites for hydroxylation is 1. The molecular formula is C15H22O3. The third-order valence-electron chi connectivity index (χ3n) is 2.95. The van der Waals surface area contributed by atoms with E-state index in [9.17, 15) is 15.0 Å². The highest BCUT2D eigenvalue weighted by molar-refractivity contribution is 5.70. The van der Waals surface area contributed by atoms with Gasteiger partial charge in [-0.15, -0.1) is 0 Å². The van der Waals surface area contributed by atoms with Crippen LogP contribution in [0.4, 0.5) is 0 Å². The first-order chi connectivity index (χ1) is 8.19. The average Bonchev–Trinajstić information content (AvgIpc) is 2.20. The Hall–Kier alpha value is -1.51. The van der Waals surface area contributed by atoms with Crippen LogP contribution in [0.25, 0.3) is 0 Å². The van der Waals surface area contributed by atoms with Gasteiger partial charge in [-0.05, 0) is 42.4 Å². The Morgan fingerprint density at radius 3 is 2.39 bits per heavy atom. The van der Waals surface area contributed by atoms with Crippen LogP contribution in [0.3, 0.4) is 0 Å². The number of hydrogen-bond donors (Lipinski definition) is 2. The van der Waals surface area contributed by atoms with Crippen LogP contribution in [0.2, 0.25) is 0 Å². The molecule has 0 spiro atoms. The second-order valence-corrected chi connectivity index (χ2v) is 6.12. The number of hydrogen-bond acceptors (Lipinski definition) is 2. The molecule has 0 fully saturated rings. The van der Waals surface area contributed by atoms with E-state index in [2.05, 4.69) is 0 Å². The topological polar surface area (TPSA) is 57.5 Å². The zero-order valence-corrected chi connectivity index (χ0v) is 11.5. The summed E-state index contributed by atoms with van der Waals surface area (Å²) in [5.74, 6) is -0.883. The summed E-state index contributed by atoms with van der Waals surface area (Å²) in [5, 5.41) is 18.7. The predicted molar refractivity (Wildman–Crippen MR) is 71.7 cm³/mol. The van der Waals surface area contributed by atoms with E-state index in [1.807, 2.05) is 33.8 Å². The van der Waals surface area contributed by atoms with E-state index < -0.39 is 5.97 Å². The number of phenolic OH excluding ortho intramolecular Hbond substituents is 1. The Morgan fingerprint density at radius 2 is 1.94 bits per heavy atom. The molecule has 0 amide bonds. The molecule has 1 aromatic carbocycles. The Balaban J connectivity index is 2.83. The second-order valence-electron chi connectivity index (χ2n) is 6.12. The summed E-state index contributed by atoms with van der Waals surface area (Å²) in [6, 6.07) is 5.27. The SMILES string of the molecule is Cc1cc(CC(CC(C)(C)C)C(=O)O)ccc1O. The van der Waals surface area contributed by atoms with Gasteiger partial charge < -0.3 is 10.2 Å². The molecule has 2 N–H and O–H groups in total. The van der Waals surface area contributed by atoms with Crippen LogP contribution in [0, 0.1) is 18.3 Å². The van der Waals surface area contributed by atoms with Crippen molar-refractivity contribution in [1.82, 2.24) is 0 Å². The average molecular weight is 250 g/mol. The van der Waals surface area contributed by atoms with Crippen molar-refractivity contribution < 1.29 is 15.0 Å². The maximum absolute atomic E-state index is 11.3. The van der Waals surface area contributed by atoms with Crippen molar-refractivity contribution in [3.8, 4) is 5.75 Å². The number of benzene rings is 1. The van der Waals surface area contributed by atoms with E-state index in [-0.39, 0.29) is 17.1 Å². The van der Waals surface area contributed by atoms with E-state index in [4.69, 9.17) is 0 Å². The number of aromatic hydroxyl groups is 1. The molecule has 1 atom stereocenters. The van der Waals surface area contributed by atoms with E-state index in [1.165, 1.54) is 0 Å². The molecule has 0 saturated heterocycles. The quantitative estimate of drug-likeness (QED) is 0.861. The van der Waals surface area contributed by atoms with E-state index in [0.717, 1.165) is 11.1 Å². The molecule has 0 radical (unpaired) electrons. The first-order valence-electron chi connectivity index (χ1n) is 6.20. The molecule has 0 bridgehead atoms. The lowest BCUT2D eigenvalue weighted by Crippen LogP contribution is -2.22. The number of carboxylic acids is 1. The van der Waals surface area contributed by atoms with E-state index in [1.54, 1.807) is 12.1 Å². The Kier molecular flexibility index (Phi) is 4.38. The number of aliphatic carboxylic acids is 1. The Bertz CT molecular complexity index is 430. The van der Waals surface area contributed by atoms with Gasteiger partial charge in [0.15, 0.2) is 0 Å². The van der Waals surface area contributed by atoms with E-state index in [0.29, 0.717) is 12.8 Å². The third kappa shape index (κ3) is 4.40. The van der Waals surface area contributed by atoms with Crippen LogP contribution in [0.15, 0.2) is 18.2 Å². The highest BCUT2D eigenvalue weighted by Crippen LogP contribution is 2.28. The molecule has 0 saturated carbocycles. The zero-order chi connectivity index (χ0) is 13.9. The van der Waals surface area contributed by atoms with Crippen LogP contribution >= 0.6 is 0 Å². The second kappa shape index (κ2) is 5.42. The molecular weight excluding hydrogens is 228 g/mol. The van der Waals surface area contributed by atoms with E-state index >= 15 is 0 Å². The van der Waals surface area contributed by atoms with Crippen molar-refractivity contribution in [3.05, 3.63) is 29.3 Å². The fourth-order valence-electron chi connectivity index (χ4n) is 2.12. The molecule has 0 heterocycles. The first-order valence-corrected chi connectivity index (χ1v) is 6.20. The van der Waals surface area contributed by atoms with Gasteiger partial charge in [-0.25, -0.2) is 0 Å². The highest BCUT2D eigenvalue weighted by Gasteiger charge is 2.24. The van der Waals surface area contributed by atoms with Crippen molar-refractivity contribution in [2.45, 2.75) is 40.5 Å². The molecule has 0 aliphatic carbocycles. The van der Waals surface area contributed by atoms with Crippen molar-refractivity contribution in [2.24, 2.45) is 11.3 Å². The lowest BCUT2D eigenvalue weighted by molar-refractivity contribution is -0.142. The molecule has 0 aliphatic heterocycles. The van der Waals surface area contributed by atoms with Gasteiger partial charge in [0, 0.05) is 0 Å². The maximum atomic E-state index is 11.3. The summed E-state index contributed by atoms with van der Waals surface area (Å²) in [6.45, 7) is 7.96. The minimum Gasteiger partial charge on any atom is -0.508 e. The number of carboxylic acid groups (broad SMARTS) is 1.